The molecule has 0 amide bonds. The van der Waals surface area contributed by atoms with Crippen molar-refractivity contribution in [2.45, 2.75) is 5.92 Å². The van der Waals surface area contributed by atoms with Crippen molar-refractivity contribution < 1.29 is 9.18 Å². The molecule has 3 heteroatoms. The van der Waals surface area contributed by atoms with Gasteiger partial charge in [0.05, 0.1) is 10.4 Å². The van der Waals surface area contributed by atoms with E-state index in [9.17, 15) is 9.18 Å². The van der Waals surface area contributed by atoms with Crippen molar-refractivity contribution in [2.24, 2.45) is 0 Å². The summed E-state index contributed by atoms with van der Waals surface area (Å²) < 4.78 is 14.3. The van der Waals surface area contributed by atoms with E-state index >= 15 is 0 Å². The van der Waals surface area contributed by atoms with Crippen LogP contribution in [0.2, 0.25) is 0 Å². The maximum Gasteiger partial charge on any atom is 0.211 e. The van der Waals surface area contributed by atoms with Crippen LogP contribution in [0.3, 0.4) is 0 Å². The average molecular weight is 292 g/mol. The second-order valence-corrected chi connectivity index (χ2v) is 4.46. The molecule has 1 atom stereocenters. The first-order chi connectivity index (χ1) is 8.24. The van der Waals surface area contributed by atoms with Gasteiger partial charge in [0.15, 0.2) is 0 Å². The summed E-state index contributed by atoms with van der Waals surface area (Å²) in [5, 5.41) is 0. The van der Waals surface area contributed by atoms with Crippen molar-refractivity contribution in [3.05, 3.63) is 69.9 Å². The Balaban J connectivity index is 2.50. The minimum atomic E-state index is -0.686. The van der Waals surface area contributed by atoms with E-state index in [2.05, 4.69) is 15.9 Å². The van der Waals surface area contributed by atoms with Crippen molar-refractivity contribution in [2.75, 3.05) is 0 Å². The predicted octanol–water partition coefficient (Wildman–Crippen LogP) is 3.83. The van der Waals surface area contributed by atoms with Gasteiger partial charge in [-0.2, -0.15) is 0 Å². The summed E-state index contributed by atoms with van der Waals surface area (Å²) in [5.74, 6) is -1.10. The molecule has 0 aromatic heterocycles. The summed E-state index contributed by atoms with van der Waals surface area (Å²) in [4.78, 5) is 11.1. The molecule has 1 unspecified atom stereocenters. The molecule has 0 aliphatic carbocycles. The molecule has 0 bridgehead atoms. The van der Waals surface area contributed by atoms with Gasteiger partial charge in [-0.25, -0.2) is 4.39 Å². The number of halogens is 2. The summed E-state index contributed by atoms with van der Waals surface area (Å²) >= 11 is 3.11. The molecule has 2 aromatic carbocycles. The van der Waals surface area contributed by atoms with Gasteiger partial charge in [-0.15, -0.1) is 0 Å². The topological polar surface area (TPSA) is 17.1 Å². The molecule has 17 heavy (non-hydrogen) atoms. The minimum absolute atomic E-state index is 0.334. The fourth-order valence-electron chi connectivity index (χ4n) is 1.70. The lowest BCUT2D eigenvalue weighted by Crippen LogP contribution is -2.05. The first kappa shape index (κ1) is 12.0. The summed E-state index contributed by atoms with van der Waals surface area (Å²) in [6, 6.07) is 14.0. The Kier molecular flexibility index (Phi) is 3.69. The lowest BCUT2D eigenvalue weighted by molar-refractivity contribution is 0.543. The molecular formula is C14H9BrFO. The monoisotopic (exact) mass is 291 g/mol. The molecule has 0 spiro atoms. The van der Waals surface area contributed by atoms with Crippen molar-refractivity contribution in [1.29, 1.82) is 0 Å². The Morgan fingerprint density at radius 3 is 2.41 bits per heavy atom. The van der Waals surface area contributed by atoms with Crippen LogP contribution in [0.1, 0.15) is 17.0 Å². The van der Waals surface area contributed by atoms with Gasteiger partial charge in [0.25, 0.3) is 0 Å². The minimum Gasteiger partial charge on any atom is -0.290 e. The second kappa shape index (κ2) is 5.23. The van der Waals surface area contributed by atoms with Crippen LogP contribution in [0.25, 0.3) is 0 Å². The fourth-order valence-corrected chi connectivity index (χ4v) is 2.08. The van der Waals surface area contributed by atoms with Gasteiger partial charge in [-0.1, -0.05) is 42.5 Å². The van der Waals surface area contributed by atoms with E-state index in [1.165, 1.54) is 0 Å². The van der Waals surface area contributed by atoms with E-state index in [1.807, 2.05) is 24.5 Å². The van der Waals surface area contributed by atoms with Crippen LogP contribution in [0.4, 0.5) is 4.39 Å². The van der Waals surface area contributed by atoms with Crippen LogP contribution in [0, 0.1) is 5.82 Å². The highest BCUT2D eigenvalue weighted by atomic mass is 79.9. The van der Waals surface area contributed by atoms with Gasteiger partial charge in [0, 0.05) is 5.56 Å². The quantitative estimate of drug-likeness (QED) is 0.840. The zero-order valence-electron chi connectivity index (χ0n) is 8.86. The third kappa shape index (κ3) is 2.44. The first-order valence-electron chi connectivity index (χ1n) is 5.10. The van der Waals surface area contributed by atoms with Crippen molar-refractivity contribution in [3.8, 4) is 0 Å². The third-order valence-corrected chi connectivity index (χ3v) is 3.16. The summed E-state index contributed by atoms with van der Waals surface area (Å²) in [7, 11) is 0. The van der Waals surface area contributed by atoms with Crippen molar-refractivity contribution in [1.82, 2.24) is 0 Å². The number of rotatable bonds is 3. The lowest BCUT2D eigenvalue weighted by Gasteiger charge is -2.12. The molecule has 2 rings (SSSR count). The predicted molar refractivity (Wildman–Crippen MR) is 68.1 cm³/mol. The third-order valence-electron chi connectivity index (χ3n) is 2.54. The van der Waals surface area contributed by atoms with Crippen LogP contribution >= 0.6 is 15.9 Å². The molecule has 0 N–H and O–H groups in total. The Morgan fingerprint density at radius 2 is 1.76 bits per heavy atom. The van der Waals surface area contributed by atoms with Gasteiger partial charge < -0.3 is 0 Å². The summed E-state index contributed by atoms with van der Waals surface area (Å²) in [5.41, 5.74) is 1.07. The fraction of sp³-hybridized carbons (Fsp3) is 0.0714. The van der Waals surface area contributed by atoms with E-state index < -0.39 is 11.7 Å². The van der Waals surface area contributed by atoms with Gasteiger partial charge >= 0.3 is 0 Å². The Bertz CT molecular complexity index is 525. The average Bonchev–Trinajstić information content (AvgIpc) is 2.37. The lowest BCUT2D eigenvalue weighted by atomic mass is 9.92. The molecule has 0 aliphatic heterocycles. The van der Waals surface area contributed by atoms with Gasteiger partial charge in [-0.3, -0.25) is 4.79 Å². The molecule has 2 aromatic rings. The molecule has 0 heterocycles. The second-order valence-electron chi connectivity index (χ2n) is 3.60. The Hall–Kier alpha value is -1.48. The van der Waals surface area contributed by atoms with Crippen LogP contribution in [0.15, 0.2) is 53.0 Å². The van der Waals surface area contributed by atoms with E-state index in [1.54, 1.807) is 30.3 Å². The number of hydrogen-bond donors (Lipinski definition) is 0. The van der Waals surface area contributed by atoms with E-state index in [-0.39, 0.29) is 0 Å². The zero-order valence-corrected chi connectivity index (χ0v) is 10.4. The molecule has 85 valence electrons. The van der Waals surface area contributed by atoms with Gasteiger partial charge in [-0.05, 0) is 27.6 Å². The number of hydrogen-bond acceptors (Lipinski definition) is 1. The number of carbonyl (C=O) groups excluding carboxylic acids is 1. The standard InChI is InChI=1S/C14H9BrFO/c15-13-8-4-7-11(14(13)16)12(9-17)10-5-2-1-3-6-10/h1-8,12H. The Morgan fingerprint density at radius 1 is 1.06 bits per heavy atom. The molecule has 0 saturated heterocycles. The van der Waals surface area contributed by atoms with E-state index in [0.29, 0.717) is 10.0 Å². The molecule has 0 saturated carbocycles. The van der Waals surface area contributed by atoms with E-state index in [4.69, 9.17) is 0 Å². The Labute approximate surface area is 107 Å². The highest BCUT2D eigenvalue weighted by Crippen LogP contribution is 2.28. The molecule has 1 radical (unpaired) electrons. The smallest absolute Gasteiger partial charge is 0.211 e. The molecular weight excluding hydrogens is 283 g/mol. The number of benzene rings is 2. The van der Waals surface area contributed by atoms with Crippen molar-refractivity contribution in [3.63, 3.8) is 0 Å². The van der Waals surface area contributed by atoms with Gasteiger partial charge in [0.2, 0.25) is 6.29 Å². The highest BCUT2D eigenvalue weighted by Gasteiger charge is 2.19. The zero-order chi connectivity index (χ0) is 12.3. The normalized spacial score (nSPS) is 12.1. The summed E-state index contributed by atoms with van der Waals surface area (Å²) in [6.07, 6.45) is 1.89. The van der Waals surface area contributed by atoms with E-state index in [0.717, 1.165) is 5.56 Å². The van der Waals surface area contributed by atoms with Crippen LogP contribution in [0.5, 0.6) is 0 Å². The maximum atomic E-state index is 13.9. The SMILES string of the molecule is O=[C]C(c1ccccc1)c1cccc(Br)c1F. The maximum absolute atomic E-state index is 13.9. The molecule has 0 fully saturated rings. The van der Waals surface area contributed by atoms with Gasteiger partial charge in [0.1, 0.15) is 5.82 Å². The first-order valence-corrected chi connectivity index (χ1v) is 5.90. The highest BCUT2D eigenvalue weighted by molar-refractivity contribution is 9.10. The largest absolute Gasteiger partial charge is 0.290 e. The molecule has 0 aliphatic rings. The van der Waals surface area contributed by atoms with Crippen LogP contribution < -0.4 is 0 Å². The summed E-state index contributed by atoms with van der Waals surface area (Å²) in [6.45, 7) is 0. The van der Waals surface area contributed by atoms with Crippen LogP contribution in [-0.2, 0) is 4.79 Å². The van der Waals surface area contributed by atoms with Crippen LogP contribution in [-0.4, -0.2) is 6.29 Å². The molecule has 1 nitrogen and oxygen atoms in total. The van der Waals surface area contributed by atoms with Crippen molar-refractivity contribution >= 4 is 22.2 Å².